The van der Waals surface area contributed by atoms with Gasteiger partial charge in [0.05, 0.1) is 0 Å². The average Bonchev–Trinajstić information content (AvgIpc) is 3.22. The molecule has 0 bridgehead atoms. The Labute approximate surface area is 108 Å². The predicted octanol–water partition coefficient (Wildman–Crippen LogP) is 2.14. The minimum atomic E-state index is -0.213. The molecule has 2 N–H and O–H groups in total. The van der Waals surface area contributed by atoms with Crippen LogP contribution in [0.1, 0.15) is 24.8 Å². The molecule has 1 saturated carbocycles. The van der Waals surface area contributed by atoms with Gasteiger partial charge >= 0.3 is 6.09 Å². The second-order valence-corrected chi connectivity index (χ2v) is 4.61. The molecule has 4 heteroatoms. The molecule has 1 aromatic carbocycles. The lowest BCUT2D eigenvalue weighted by atomic mass is 10.2. The first-order valence-electron chi connectivity index (χ1n) is 6.48. The molecule has 0 unspecified atom stereocenters. The number of benzene rings is 1. The SMILES string of the molecule is NCCCN(C(=O)OCc1ccccc1)C1CC1. The number of hydrogen-bond acceptors (Lipinski definition) is 3. The number of hydrogen-bond donors (Lipinski definition) is 1. The van der Waals surface area contributed by atoms with Crippen molar-refractivity contribution in [1.82, 2.24) is 4.90 Å². The van der Waals surface area contributed by atoms with Gasteiger partial charge in [-0.05, 0) is 31.4 Å². The average molecular weight is 248 g/mol. The quantitative estimate of drug-likeness (QED) is 0.839. The maximum Gasteiger partial charge on any atom is 0.410 e. The fourth-order valence-corrected chi connectivity index (χ4v) is 1.87. The molecule has 0 aromatic heterocycles. The van der Waals surface area contributed by atoms with Crippen molar-refractivity contribution in [3.05, 3.63) is 35.9 Å². The van der Waals surface area contributed by atoms with Gasteiger partial charge in [-0.25, -0.2) is 4.79 Å². The van der Waals surface area contributed by atoms with Gasteiger partial charge < -0.3 is 15.4 Å². The van der Waals surface area contributed by atoms with Crippen molar-refractivity contribution in [2.24, 2.45) is 5.73 Å². The fraction of sp³-hybridized carbons (Fsp3) is 0.500. The summed E-state index contributed by atoms with van der Waals surface area (Å²) in [5.74, 6) is 0. The van der Waals surface area contributed by atoms with E-state index in [1.54, 1.807) is 0 Å². The van der Waals surface area contributed by atoms with Crippen LogP contribution in [0.15, 0.2) is 30.3 Å². The van der Waals surface area contributed by atoms with Crippen LogP contribution in [0.3, 0.4) is 0 Å². The monoisotopic (exact) mass is 248 g/mol. The van der Waals surface area contributed by atoms with Gasteiger partial charge in [0.2, 0.25) is 0 Å². The van der Waals surface area contributed by atoms with E-state index in [1.807, 2.05) is 35.2 Å². The molecule has 0 radical (unpaired) electrons. The zero-order valence-electron chi connectivity index (χ0n) is 10.5. The van der Waals surface area contributed by atoms with E-state index in [2.05, 4.69) is 0 Å². The van der Waals surface area contributed by atoms with Crippen molar-refractivity contribution in [3.63, 3.8) is 0 Å². The van der Waals surface area contributed by atoms with Crippen molar-refractivity contribution < 1.29 is 9.53 Å². The third-order valence-corrected chi connectivity index (χ3v) is 3.03. The normalized spacial score (nSPS) is 14.3. The van der Waals surface area contributed by atoms with Crippen molar-refractivity contribution in [3.8, 4) is 0 Å². The maximum atomic E-state index is 12.0. The Bertz CT molecular complexity index is 377. The summed E-state index contributed by atoms with van der Waals surface area (Å²) in [5, 5.41) is 0. The van der Waals surface area contributed by atoms with Gasteiger partial charge in [-0.15, -0.1) is 0 Å². The third-order valence-electron chi connectivity index (χ3n) is 3.03. The summed E-state index contributed by atoms with van der Waals surface area (Å²) < 4.78 is 5.33. The number of rotatable bonds is 6. The van der Waals surface area contributed by atoms with Crippen LogP contribution in [0.5, 0.6) is 0 Å². The van der Waals surface area contributed by atoms with E-state index in [-0.39, 0.29) is 6.09 Å². The lowest BCUT2D eigenvalue weighted by molar-refractivity contribution is 0.0933. The highest BCUT2D eigenvalue weighted by molar-refractivity contribution is 5.68. The van der Waals surface area contributed by atoms with Crippen molar-refractivity contribution in [1.29, 1.82) is 0 Å². The van der Waals surface area contributed by atoms with Crippen LogP contribution in [0.25, 0.3) is 0 Å². The highest BCUT2D eigenvalue weighted by Gasteiger charge is 2.32. The number of carbonyl (C=O) groups excluding carboxylic acids is 1. The van der Waals surface area contributed by atoms with Gasteiger partial charge in [-0.3, -0.25) is 0 Å². The molecule has 0 saturated heterocycles. The van der Waals surface area contributed by atoms with E-state index in [0.29, 0.717) is 25.7 Å². The largest absolute Gasteiger partial charge is 0.445 e. The molecule has 4 nitrogen and oxygen atoms in total. The number of nitrogens with two attached hydrogens (primary N) is 1. The van der Waals surface area contributed by atoms with Crippen LogP contribution >= 0.6 is 0 Å². The molecule has 0 aliphatic heterocycles. The van der Waals surface area contributed by atoms with Crippen molar-refractivity contribution >= 4 is 6.09 Å². The highest BCUT2D eigenvalue weighted by atomic mass is 16.6. The Kier molecular flexibility index (Phi) is 4.59. The topological polar surface area (TPSA) is 55.6 Å². The Hall–Kier alpha value is -1.55. The zero-order valence-corrected chi connectivity index (χ0v) is 10.5. The van der Waals surface area contributed by atoms with Gasteiger partial charge in [0.15, 0.2) is 0 Å². The van der Waals surface area contributed by atoms with Crippen LogP contribution in [-0.4, -0.2) is 30.1 Å². The Morgan fingerprint density at radius 1 is 1.33 bits per heavy atom. The number of ether oxygens (including phenoxy) is 1. The fourth-order valence-electron chi connectivity index (χ4n) is 1.87. The lowest BCUT2D eigenvalue weighted by Gasteiger charge is -2.21. The minimum Gasteiger partial charge on any atom is -0.445 e. The Balaban J connectivity index is 1.81. The summed E-state index contributed by atoms with van der Waals surface area (Å²) in [6, 6.07) is 10.1. The third kappa shape index (κ3) is 3.74. The summed E-state index contributed by atoms with van der Waals surface area (Å²) in [6.07, 6.45) is 2.79. The molecule has 2 rings (SSSR count). The van der Waals surface area contributed by atoms with Crippen LogP contribution in [0.2, 0.25) is 0 Å². The maximum absolute atomic E-state index is 12.0. The van der Waals surface area contributed by atoms with Crippen LogP contribution in [-0.2, 0) is 11.3 Å². The smallest absolute Gasteiger partial charge is 0.410 e. The molecule has 18 heavy (non-hydrogen) atoms. The molecule has 1 aromatic rings. The van der Waals surface area contributed by atoms with Gasteiger partial charge in [0.25, 0.3) is 0 Å². The molecule has 1 aliphatic rings. The first-order valence-corrected chi connectivity index (χ1v) is 6.48. The molecular formula is C14H20N2O2. The molecule has 98 valence electrons. The van der Waals surface area contributed by atoms with E-state index < -0.39 is 0 Å². The van der Waals surface area contributed by atoms with Crippen molar-refractivity contribution in [2.75, 3.05) is 13.1 Å². The molecule has 0 heterocycles. The van der Waals surface area contributed by atoms with E-state index in [0.717, 1.165) is 24.8 Å². The molecule has 1 fully saturated rings. The summed E-state index contributed by atoms with van der Waals surface area (Å²) in [5.41, 5.74) is 6.50. The van der Waals surface area contributed by atoms with Crippen LogP contribution in [0.4, 0.5) is 4.79 Å². The summed E-state index contributed by atoms with van der Waals surface area (Å²) in [7, 11) is 0. The highest BCUT2D eigenvalue weighted by Crippen LogP contribution is 2.27. The summed E-state index contributed by atoms with van der Waals surface area (Å²) >= 11 is 0. The van der Waals surface area contributed by atoms with E-state index in [1.165, 1.54) is 0 Å². The molecular weight excluding hydrogens is 228 g/mol. The van der Waals surface area contributed by atoms with E-state index >= 15 is 0 Å². The molecule has 0 atom stereocenters. The number of carbonyl (C=O) groups is 1. The second kappa shape index (κ2) is 6.40. The number of amides is 1. The standard InChI is InChI=1S/C14H20N2O2/c15-9-4-10-16(13-7-8-13)14(17)18-11-12-5-2-1-3-6-12/h1-3,5-6,13H,4,7-11,15H2. The molecule has 1 aliphatic carbocycles. The van der Waals surface area contributed by atoms with Gasteiger partial charge in [0, 0.05) is 12.6 Å². The van der Waals surface area contributed by atoms with Crippen molar-refractivity contribution in [2.45, 2.75) is 31.9 Å². The van der Waals surface area contributed by atoms with E-state index in [9.17, 15) is 4.79 Å². The molecule has 0 spiro atoms. The lowest BCUT2D eigenvalue weighted by Crippen LogP contribution is -2.35. The summed E-state index contributed by atoms with van der Waals surface area (Å²) in [4.78, 5) is 13.8. The van der Waals surface area contributed by atoms with E-state index in [4.69, 9.17) is 10.5 Å². The second-order valence-electron chi connectivity index (χ2n) is 4.61. The Morgan fingerprint density at radius 3 is 2.67 bits per heavy atom. The van der Waals surface area contributed by atoms with Gasteiger partial charge in [-0.1, -0.05) is 30.3 Å². The molecule has 1 amide bonds. The first kappa shape index (κ1) is 12.9. The van der Waals surface area contributed by atoms with Gasteiger partial charge in [-0.2, -0.15) is 0 Å². The van der Waals surface area contributed by atoms with Crippen LogP contribution in [0, 0.1) is 0 Å². The Morgan fingerprint density at radius 2 is 2.06 bits per heavy atom. The van der Waals surface area contributed by atoms with Gasteiger partial charge in [0.1, 0.15) is 6.61 Å². The summed E-state index contributed by atoms with van der Waals surface area (Å²) in [6.45, 7) is 1.65. The zero-order chi connectivity index (χ0) is 12.8. The number of nitrogens with zero attached hydrogens (tertiary/aromatic N) is 1. The van der Waals surface area contributed by atoms with Crippen LogP contribution < -0.4 is 5.73 Å². The first-order chi connectivity index (χ1) is 8.81. The predicted molar refractivity (Wildman–Crippen MR) is 70.0 cm³/mol. The minimum absolute atomic E-state index is 0.213.